The van der Waals surface area contributed by atoms with Crippen LogP contribution in [0.1, 0.15) is 62.3 Å². The molecule has 20 heavy (non-hydrogen) atoms. The number of ether oxygens (including phenoxy) is 2. The van der Waals surface area contributed by atoms with Gasteiger partial charge in [0.1, 0.15) is 11.2 Å². The normalized spacial score (nSPS) is 11.9. The number of pyridine rings is 1. The molecule has 1 heterocycles. The van der Waals surface area contributed by atoms with E-state index >= 15 is 0 Å². The van der Waals surface area contributed by atoms with Gasteiger partial charge in [-0.2, -0.15) is 0 Å². The number of rotatable bonds is 2. The van der Waals surface area contributed by atoms with Crippen LogP contribution >= 0.6 is 0 Å². The molecule has 1 aromatic rings. The molecule has 0 aliphatic heterocycles. The van der Waals surface area contributed by atoms with Crippen LogP contribution in [0.15, 0.2) is 18.5 Å². The van der Waals surface area contributed by atoms with E-state index in [-0.39, 0.29) is 11.1 Å². The summed E-state index contributed by atoms with van der Waals surface area (Å²) in [4.78, 5) is 27.7. The molecule has 0 aliphatic rings. The quantitative estimate of drug-likeness (QED) is 0.779. The summed E-state index contributed by atoms with van der Waals surface area (Å²) in [6.07, 6.45) is 2.73. The minimum atomic E-state index is -0.598. The minimum Gasteiger partial charge on any atom is -0.456 e. The Bertz CT molecular complexity index is 466. The molecule has 0 amide bonds. The SMILES string of the molecule is CC(C)(C)OC(=O)c1cncc(C(=O)OC(C)(C)C)c1. The molecule has 0 N–H and O–H groups in total. The van der Waals surface area contributed by atoms with Crippen molar-refractivity contribution in [3.8, 4) is 0 Å². The van der Waals surface area contributed by atoms with Crippen LogP contribution < -0.4 is 0 Å². The second kappa shape index (κ2) is 5.61. The smallest absolute Gasteiger partial charge is 0.340 e. The molecular weight excluding hydrogens is 258 g/mol. The van der Waals surface area contributed by atoms with E-state index in [1.807, 2.05) is 0 Å². The van der Waals surface area contributed by atoms with E-state index in [0.717, 1.165) is 0 Å². The molecule has 0 bridgehead atoms. The molecule has 5 heteroatoms. The Labute approximate surface area is 119 Å². The molecular formula is C15H21NO4. The van der Waals surface area contributed by atoms with Crippen molar-refractivity contribution in [2.24, 2.45) is 0 Å². The first-order valence-corrected chi connectivity index (χ1v) is 6.40. The van der Waals surface area contributed by atoms with E-state index in [2.05, 4.69) is 4.98 Å². The number of hydrogen-bond acceptors (Lipinski definition) is 5. The maximum Gasteiger partial charge on any atom is 0.340 e. The highest BCUT2D eigenvalue weighted by Crippen LogP contribution is 2.15. The zero-order valence-corrected chi connectivity index (χ0v) is 12.8. The first-order valence-electron chi connectivity index (χ1n) is 6.40. The van der Waals surface area contributed by atoms with Gasteiger partial charge in [-0.05, 0) is 47.6 Å². The molecule has 1 aromatic heterocycles. The van der Waals surface area contributed by atoms with Crippen LogP contribution in [0.5, 0.6) is 0 Å². The van der Waals surface area contributed by atoms with E-state index in [4.69, 9.17) is 9.47 Å². The third kappa shape index (κ3) is 5.38. The van der Waals surface area contributed by atoms with Crippen LogP contribution in [0, 0.1) is 0 Å². The average Bonchev–Trinajstić information content (AvgIpc) is 2.24. The molecule has 110 valence electrons. The van der Waals surface area contributed by atoms with E-state index < -0.39 is 23.1 Å². The Morgan fingerprint density at radius 1 is 0.850 bits per heavy atom. The number of esters is 2. The summed E-state index contributed by atoms with van der Waals surface area (Å²) in [6, 6.07) is 1.43. The van der Waals surface area contributed by atoms with Crippen LogP contribution in [0.25, 0.3) is 0 Å². The number of carbonyl (C=O) groups is 2. The molecule has 5 nitrogen and oxygen atoms in total. The lowest BCUT2D eigenvalue weighted by atomic mass is 10.1. The van der Waals surface area contributed by atoms with Gasteiger partial charge in [-0.15, -0.1) is 0 Å². The van der Waals surface area contributed by atoms with Crippen LogP contribution in [-0.2, 0) is 9.47 Å². The molecule has 0 spiro atoms. The van der Waals surface area contributed by atoms with Crippen LogP contribution in [0.4, 0.5) is 0 Å². The molecule has 0 saturated heterocycles. The second-order valence-electron chi connectivity index (χ2n) is 6.47. The van der Waals surface area contributed by atoms with E-state index in [1.54, 1.807) is 41.5 Å². The Hall–Kier alpha value is -1.91. The lowest BCUT2D eigenvalue weighted by Crippen LogP contribution is -2.25. The Morgan fingerprint density at radius 3 is 1.50 bits per heavy atom. The fraction of sp³-hybridized carbons (Fsp3) is 0.533. The highest BCUT2D eigenvalue weighted by Gasteiger charge is 2.21. The zero-order valence-electron chi connectivity index (χ0n) is 12.8. The highest BCUT2D eigenvalue weighted by atomic mass is 16.6. The van der Waals surface area contributed by atoms with E-state index in [0.29, 0.717) is 0 Å². The molecule has 0 aromatic carbocycles. The summed E-state index contributed by atoms with van der Waals surface area (Å²) in [5.74, 6) is -1.04. The van der Waals surface area contributed by atoms with Gasteiger partial charge in [0.15, 0.2) is 0 Å². The molecule has 0 aliphatic carbocycles. The zero-order chi connectivity index (χ0) is 15.6. The van der Waals surface area contributed by atoms with Gasteiger partial charge >= 0.3 is 11.9 Å². The van der Waals surface area contributed by atoms with E-state index in [9.17, 15) is 9.59 Å². The molecule has 0 fully saturated rings. The van der Waals surface area contributed by atoms with Crippen LogP contribution in [0.2, 0.25) is 0 Å². The van der Waals surface area contributed by atoms with Crippen molar-refractivity contribution >= 4 is 11.9 Å². The Balaban J connectivity index is 2.91. The first-order chi connectivity index (χ1) is 8.98. The Kier molecular flexibility index (Phi) is 4.53. The predicted octanol–water partition coefficient (Wildman–Crippen LogP) is 2.99. The number of nitrogens with zero attached hydrogens (tertiary/aromatic N) is 1. The molecule has 1 rings (SSSR count). The topological polar surface area (TPSA) is 65.5 Å². The third-order valence-corrected chi connectivity index (χ3v) is 2.01. The van der Waals surface area contributed by atoms with Crippen molar-refractivity contribution in [1.29, 1.82) is 0 Å². The monoisotopic (exact) mass is 279 g/mol. The van der Waals surface area contributed by atoms with Crippen molar-refractivity contribution in [3.63, 3.8) is 0 Å². The highest BCUT2D eigenvalue weighted by molar-refractivity contribution is 5.94. The fourth-order valence-corrected chi connectivity index (χ4v) is 1.34. The minimum absolute atomic E-state index is 0.225. The van der Waals surface area contributed by atoms with Gasteiger partial charge in [0.2, 0.25) is 0 Å². The number of carbonyl (C=O) groups excluding carboxylic acids is 2. The number of hydrogen-bond donors (Lipinski definition) is 0. The average molecular weight is 279 g/mol. The maximum atomic E-state index is 11.9. The summed E-state index contributed by atoms with van der Waals surface area (Å²) in [7, 11) is 0. The van der Waals surface area contributed by atoms with Crippen molar-refractivity contribution in [2.45, 2.75) is 52.7 Å². The van der Waals surface area contributed by atoms with Gasteiger partial charge in [-0.3, -0.25) is 4.98 Å². The van der Waals surface area contributed by atoms with Gasteiger partial charge < -0.3 is 9.47 Å². The summed E-state index contributed by atoms with van der Waals surface area (Å²) < 4.78 is 10.5. The molecule has 0 saturated carbocycles. The van der Waals surface area contributed by atoms with Gasteiger partial charge in [0.05, 0.1) is 11.1 Å². The van der Waals surface area contributed by atoms with Gasteiger partial charge in [0.25, 0.3) is 0 Å². The van der Waals surface area contributed by atoms with Crippen LogP contribution in [0.3, 0.4) is 0 Å². The number of aromatic nitrogens is 1. The lowest BCUT2D eigenvalue weighted by Gasteiger charge is -2.20. The van der Waals surface area contributed by atoms with Crippen LogP contribution in [-0.4, -0.2) is 28.1 Å². The van der Waals surface area contributed by atoms with Crippen molar-refractivity contribution < 1.29 is 19.1 Å². The van der Waals surface area contributed by atoms with Gasteiger partial charge in [-0.25, -0.2) is 9.59 Å². The van der Waals surface area contributed by atoms with Crippen molar-refractivity contribution in [3.05, 3.63) is 29.6 Å². The largest absolute Gasteiger partial charge is 0.456 e. The first kappa shape index (κ1) is 16.1. The fourth-order valence-electron chi connectivity index (χ4n) is 1.34. The standard InChI is InChI=1S/C15H21NO4/c1-14(2,3)19-12(17)10-7-11(9-16-8-10)13(18)20-15(4,5)6/h7-9H,1-6H3. The van der Waals surface area contributed by atoms with Gasteiger partial charge in [0, 0.05) is 12.4 Å². The molecule has 0 radical (unpaired) electrons. The lowest BCUT2D eigenvalue weighted by molar-refractivity contribution is 0.00676. The van der Waals surface area contributed by atoms with Crippen molar-refractivity contribution in [1.82, 2.24) is 4.98 Å². The van der Waals surface area contributed by atoms with E-state index in [1.165, 1.54) is 18.5 Å². The molecule has 0 unspecified atom stereocenters. The summed E-state index contributed by atoms with van der Waals surface area (Å²) in [5, 5.41) is 0. The molecule has 0 atom stereocenters. The predicted molar refractivity (Wildman–Crippen MR) is 74.6 cm³/mol. The van der Waals surface area contributed by atoms with Crippen molar-refractivity contribution in [2.75, 3.05) is 0 Å². The Morgan fingerprint density at radius 2 is 1.20 bits per heavy atom. The summed E-state index contributed by atoms with van der Waals surface area (Å²) in [6.45, 7) is 10.6. The summed E-state index contributed by atoms with van der Waals surface area (Å²) in [5.41, 5.74) is -0.746. The second-order valence-corrected chi connectivity index (χ2v) is 6.47. The summed E-state index contributed by atoms with van der Waals surface area (Å²) >= 11 is 0. The third-order valence-electron chi connectivity index (χ3n) is 2.01. The maximum absolute atomic E-state index is 11.9. The van der Waals surface area contributed by atoms with Gasteiger partial charge in [-0.1, -0.05) is 0 Å².